The lowest BCUT2D eigenvalue weighted by molar-refractivity contribution is -0.136. The summed E-state index contributed by atoms with van der Waals surface area (Å²) in [7, 11) is 0. The normalized spacial score (nSPS) is 10.5. The molecule has 2 aromatic carbocycles. The standard InChI is InChI=1S/C16H13N3O2/c20-15(21)9-11-5-7-12(8-6-11)19-16-13-3-1-2-4-14(13)17-10-18-16/h1-8,10H,9H2,(H,20,21)(H,17,18,19). The fourth-order valence-corrected chi connectivity index (χ4v) is 2.12. The minimum Gasteiger partial charge on any atom is -0.481 e. The molecule has 104 valence electrons. The first-order chi connectivity index (χ1) is 10.2. The van der Waals surface area contributed by atoms with Gasteiger partial charge in [0.1, 0.15) is 12.1 Å². The molecule has 0 unspecified atom stereocenters. The first-order valence-electron chi connectivity index (χ1n) is 6.50. The van der Waals surface area contributed by atoms with Gasteiger partial charge in [0.2, 0.25) is 0 Å². The number of aromatic nitrogens is 2. The Hall–Kier alpha value is -2.95. The minimum atomic E-state index is -0.836. The molecule has 0 aliphatic carbocycles. The Labute approximate surface area is 121 Å². The Morgan fingerprint density at radius 3 is 2.57 bits per heavy atom. The molecule has 1 aromatic heterocycles. The molecule has 0 aliphatic rings. The summed E-state index contributed by atoms with van der Waals surface area (Å²) in [5.74, 6) is -0.107. The summed E-state index contributed by atoms with van der Waals surface area (Å²) in [6, 6.07) is 15.0. The summed E-state index contributed by atoms with van der Waals surface area (Å²) in [5, 5.41) is 12.9. The molecule has 1 heterocycles. The van der Waals surface area contributed by atoms with Gasteiger partial charge >= 0.3 is 5.97 Å². The van der Waals surface area contributed by atoms with Gasteiger partial charge in [0.15, 0.2) is 0 Å². The van der Waals surface area contributed by atoms with Crippen molar-refractivity contribution in [3.05, 3.63) is 60.4 Å². The number of aliphatic carboxylic acids is 1. The van der Waals surface area contributed by atoms with E-state index < -0.39 is 5.97 Å². The Morgan fingerprint density at radius 2 is 1.81 bits per heavy atom. The SMILES string of the molecule is O=C(O)Cc1ccc(Nc2ncnc3ccccc23)cc1. The molecule has 0 bridgehead atoms. The van der Waals surface area contributed by atoms with Crippen LogP contribution >= 0.6 is 0 Å². The maximum absolute atomic E-state index is 10.7. The Morgan fingerprint density at radius 1 is 1.05 bits per heavy atom. The molecule has 3 aromatic rings. The van der Waals surface area contributed by atoms with Gasteiger partial charge in [-0.2, -0.15) is 0 Å². The average Bonchev–Trinajstić information content (AvgIpc) is 2.49. The molecule has 0 spiro atoms. The third-order valence-corrected chi connectivity index (χ3v) is 3.11. The van der Waals surface area contributed by atoms with Crippen LogP contribution in [0.2, 0.25) is 0 Å². The maximum Gasteiger partial charge on any atom is 0.307 e. The number of carbonyl (C=O) groups is 1. The number of carboxylic acids is 1. The highest BCUT2D eigenvalue weighted by Crippen LogP contribution is 2.22. The summed E-state index contributed by atoms with van der Waals surface area (Å²) in [6.45, 7) is 0. The third-order valence-electron chi connectivity index (χ3n) is 3.11. The van der Waals surface area contributed by atoms with Gasteiger partial charge in [-0.05, 0) is 29.8 Å². The van der Waals surface area contributed by atoms with Crippen molar-refractivity contribution in [2.24, 2.45) is 0 Å². The highest BCUT2D eigenvalue weighted by atomic mass is 16.4. The van der Waals surface area contributed by atoms with Crippen molar-refractivity contribution in [1.82, 2.24) is 9.97 Å². The Balaban J connectivity index is 1.87. The van der Waals surface area contributed by atoms with E-state index in [0.29, 0.717) is 0 Å². The highest BCUT2D eigenvalue weighted by Gasteiger charge is 2.04. The second-order valence-electron chi connectivity index (χ2n) is 4.63. The summed E-state index contributed by atoms with van der Waals surface area (Å²) < 4.78 is 0. The van der Waals surface area contributed by atoms with Crippen LogP contribution in [0.3, 0.4) is 0 Å². The van der Waals surface area contributed by atoms with Crippen molar-refractivity contribution in [2.75, 3.05) is 5.32 Å². The molecule has 21 heavy (non-hydrogen) atoms. The molecule has 0 fully saturated rings. The van der Waals surface area contributed by atoms with E-state index in [1.54, 1.807) is 12.1 Å². The number of nitrogens with one attached hydrogen (secondary N) is 1. The lowest BCUT2D eigenvalue weighted by Crippen LogP contribution is -2.00. The lowest BCUT2D eigenvalue weighted by atomic mass is 10.1. The van der Waals surface area contributed by atoms with Crippen LogP contribution in [0.25, 0.3) is 10.9 Å². The summed E-state index contributed by atoms with van der Waals surface area (Å²) in [6.07, 6.45) is 1.54. The fourth-order valence-electron chi connectivity index (χ4n) is 2.12. The van der Waals surface area contributed by atoms with Crippen molar-refractivity contribution in [3.8, 4) is 0 Å². The molecular formula is C16H13N3O2. The Bertz CT molecular complexity index is 780. The molecule has 5 heteroatoms. The van der Waals surface area contributed by atoms with Gasteiger partial charge in [-0.3, -0.25) is 4.79 Å². The van der Waals surface area contributed by atoms with Crippen LogP contribution in [0.5, 0.6) is 0 Å². The largest absolute Gasteiger partial charge is 0.481 e. The quantitative estimate of drug-likeness (QED) is 0.768. The number of benzene rings is 2. The van der Waals surface area contributed by atoms with Gasteiger partial charge in [-0.15, -0.1) is 0 Å². The molecular weight excluding hydrogens is 266 g/mol. The molecule has 0 saturated carbocycles. The van der Waals surface area contributed by atoms with E-state index in [2.05, 4.69) is 15.3 Å². The second-order valence-corrected chi connectivity index (χ2v) is 4.63. The number of hydrogen-bond donors (Lipinski definition) is 2. The number of fused-ring (bicyclic) bond motifs is 1. The van der Waals surface area contributed by atoms with E-state index in [1.165, 1.54) is 6.33 Å². The van der Waals surface area contributed by atoms with Gasteiger partial charge in [-0.25, -0.2) is 9.97 Å². The molecule has 0 amide bonds. The van der Waals surface area contributed by atoms with Gasteiger partial charge < -0.3 is 10.4 Å². The van der Waals surface area contributed by atoms with Gasteiger partial charge in [0.25, 0.3) is 0 Å². The highest BCUT2D eigenvalue weighted by molar-refractivity contribution is 5.90. The van der Waals surface area contributed by atoms with E-state index >= 15 is 0 Å². The summed E-state index contributed by atoms with van der Waals surface area (Å²) >= 11 is 0. The van der Waals surface area contributed by atoms with Crippen molar-refractivity contribution >= 4 is 28.4 Å². The molecule has 0 radical (unpaired) electrons. The zero-order valence-corrected chi connectivity index (χ0v) is 11.2. The van der Waals surface area contributed by atoms with Crippen LogP contribution in [0.15, 0.2) is 54.9 Å². The summed E-state index contributed by atoms with van der Waals surface area (Å²) in [5.41, 5.74) is 2.49. The third kappa shape index (κ3) is 2.97. The molecule has 2 N–H and O–H groups in total. The topological polar surface area (TPSA) is 75.1 Å². The zero-order valence-electron chi connectivity index (χ0n) is 11.2. The van der Waals surface area contributed by atoms with Crippen molar-refractivity contribution in [1.29, 1.82) is 0 Å². The van der Waals surface area contributed by atoms with Crippen LogP contribution in [0, 0.1) is 0 Å². The fraction of sp³-hybridized carbons (Fsp3) is 0.0625. The van der Waals surface area contributed by atoms with Gasteiger partial charge in [0.05, 0.1) is 11.9 Å². The molecule has 0 aliphatic heterocycles. The van der Waals surface area contributed by atoms with Crippen LogP contribution < -0.4 is 5.32 Å². The minimum absolute atomic E-state index is 0.0245. The van der Waals surface area contributed by atoms with E-state index in [4.69, 9.17) is 5.11 Å². The van der Waals surface area contributed by atoms with Crippen LogP contribution in [0.1, 0.15) is 5.56 Å². The van der Waals surface area contributed by atoms with Crippen LogP contribution in [0.4, 0.5) is 11.5 Å². The number of carboxylic acid groups (broad SMARTS) is 1. The summed E-state index contributed by atoms with van der Waals surface area (Å²) in [4.78, 5) is 19.1. The van der Waals surface area contributed by atoms with Gasteiger partial charge in [-0.1, -0.05) is 24.3 Å². The number of anilines is 2. The van der Waals surface area contributed by atoms with Crippen LogP contribution in [-0.2, 0) is 11.2 Å². The van der Waals surface area contributed by atoms with E-state index in [0.717, 1.165) is 28.0 Å². The molecule has 3 rings (SSSR count). The number of para-hydroxylation sites is 1. The predicted octanol–water partition coefficient (Wildman–Crippen LogP) is 3.00. The Kier molecular flexibility index (Phi) is 3.47. The number of rotatable bonds is 4. The van der Waals surface area contributed by atoms with Crippen LogP contribution in [-0.4, -0.2) is 21.0 Å². The van der Waals surface area contributed by atoms with E-state index in [-0.39, 0.29) is 6.42 Å². The zero-order chi connectivity index (χ0) is 14.7. The van der Waals surface area contributed by atoms with E-state index in [9.17, 15) is 4.79 Å². The predicted molar refractivity (Wildman–Crippen MR) is 80.6 cm³/mol. The number of nitrogens with zero attached hydrogens (tertiary/aromatic N) is 2. The van der Waals surface area contributed by atoms with E-state index in [1.807, 2.05) is 36.4 Å². The first kappa shape index (κ1) is 13.1. The van der Waals surface area contributed by atoms with Crippen molar-refractivity contribution in [3.63, 3.8) is 0 Å². The molecule has 0 saturated heterocycles. The first-order valence-corrected chi connectivity index (χ1v) is 6.50. The molecule has 5 nitrogen and oxygen atoms in total. The average molecular weight is 279 g/mol. The molecule has 0 atom stereocenters. The number of hydrogen-bond acceptors (Lipinski definition) is 4. The van der Waals surface area contributed by atoms with Gasteiger partial charge in [0, 0.05) is 11.1 Å². The monoisotopic (exact) mass is 279 g/mol. The smallest absolute Gasteiger partial charge is 0.307 e. The second kappa shape index (κ2) is 5.58. The van der Waals surface area contributed by atoms with Crippen molar-refractivity contribution in [2.45, 2.75) is 6.42 Å². The maximum atomic E-state index is 10.7. The van der Waals surface area contributed by atoms with Crippen molar-refractivity contribution < 1.29 is 9.90 Å². The lowest BCUT2D eigenvalue weighted by Gasteiger charge is -2.08.